The van der Waals surface area contributed by atoms with Crippen LogP contribution in [-0.2, 0) is 23.2 Å². The van der Waals surface area contributed by atoms with Crippen LogP contribution in [0.5, 0.6) is 0 Å². The van der Waals surface area contributed by atoms with E-state index in [2.05, 4.69) is 59.5 Å². The first-order valence-electron chi connectivity index (χ1n) is 8.67. The van der Waals surface area contributed by atoms with Gasteiger partial charge in [0.2, 0.25) is 0 Å². The van der Waals surface area contributed by atoms with Crippen molar-refractivity contribution < 1.29 is 48.0 Å². The molecule has 0 radical (unpaired) electrons. The molecule has 0 aliphatic heterocycles. The average Bonchev–Trinajstić information content (AvgIpc) is 3.34. The van der Waals surface area contributed by atoms with Crippen molar-refractivity contribution in [3.05, 3.63) is 69.1 Å². The van der Waals surface area contributed by atoms with Crippen molar-refractivity contribution in [2.24, 2.45) is 0 Å². The number of allylic oxidation sites excluding steroid dienone is 5. The maximum atomic E-state index is 4.41. The van der Waals surface area contributed by atoms with Gasteiger partial charge in [-0.3, -0.25) is 0 Å². The summed E-state index contributed by atoms with van der Waals surface area (Å²) in [5.41, 5.74) is 5.79. The van der Waals surface area contributed by atoms with Crippen LogP contribution in [0, 0.1) is 0 Å². The summed E-state index contributed by atoms with van der Waals surface area (Å²) < 4.78 is 4.28. The van der Waals surface area contributed by atoms with Gasteiger partial charge in [-0.15, -0.1) is 0 Å². The normalized spacial score (nSPS) is 17.3. The fourth-order valence-electron chi connectivity index (χ4n) is 3.48. The number of hydrogen-bond donors (Lipinski definition) is 0. The summed E-state index contributed by atoms with van der Waals surface area (Å²) in [6.45, 7) is 2.28. The van der Waals surface area contributed by atoms with Crippen LogP contribution >= 0.6 is 0 Å². The molecule has 0 bridgehead atoms. The fraction of sp³-hybridized carbons (Fsp3) is 0.300. The Bertz CT molecular complexity index is 825. The molecule has 1 aromatic carbocycles. The summed E-state index contributed by atoms with van der Waals surface area (Å²) in [6.07, 6.45) is 15.5. The van der Waals surface area contributed by atoms with Crippen molar-refractivity contribution in [1.29, 1.82) is 0 Å². The molecular weight excluding hydrogens is 444 g/mol. The smallest absolute Gasteiger partial charge is 1.00 e. The molecule has 1 aromatic heterocycles. The molecule has 0 spiro atoms. The predicted molar refractivity (Wildman–Crippen MR) is 93.7 cm³/mol. The number of unbranched alkanes of at least 4 members (excludes halogenated alkanes) is 1. The van der Waals surface area contributed by atoms with E-state index in [9.17, 15) is 0 Å². The Kier molecular flexibility index (Phi) is 8.07. The van der Waals surface area contributed by atoms with Crippen molar-refractivity contribution in [1.82, 2.24) is 14.8 Å². The summed E-state index contributed by atoms with van der Waals surface area (Å²) in [5.74, 6) is 0. The first kappa shape index (κ1) is 21.3. The summed E-state index contributed by atoms with van der Waals surface area (Å²) >= 11 is -0.767. The number of nitrogens with zero attached hydrogens (tertiary/aromatic N) is 3. The molecule has 26 heavy (non-hydrogen) atoms. The second kappa shape index (κ2) is 9.83. The minimum Gasteiger partial charge on any atom is -1.00 e. The Morgan fingerprint density at radius 3 is 2.85 bits per heavy atom. The van der Waals surface area contributed by atoms with Gasteiger partial charge in [0.1, 0.15) is 0 Å². The molecule has 0 N–H and O–H groups in total. The van der Waals surface area contributed by atoms with Crippen molar-refractivity contribution in [3.63, 3.8) is 0 Å². The van der Waals surface area contributed by atoms with Gasteiger partial charge in [0.05, 0.1) is 0 Å². The molecule has 0 fully saturated rings. The maximum absolute atomic E-state index is 4.41. The van der Waals surface area contributed by atoms with Crippen LogP contribution in [0.25, 0.3) is 11.8 Å². The molecule has 1 heterocycles. The third-order valence-corrected chi connectivity index (χ3v) is 9.08. The van der Waals surface area contributed by atoms with E-state index in [0.29, 0.717) is 3.63 Å². The Morgan fingerprint density at radius 1 is 1.23 bits per heavy atom. The monoisotopic (exact) mass is 463 g/mol. The van der Waals surface area contributed by atoms with Crippen molar-refractivity contribution >= 4 is 11.8 Å². The third-order valence-electron chi connectivity index (χ3n) is 4.74. The van der Waals surface area contributed by atoms with Gasteiger partial charge in [-0.2, -0.15) is 0 Å². The maximum Gasteiger partial charge on any atom is -1.00 e. The van der Waals surface area contributed by atoms with Crippen LogP contribution in [0.15, 0.2) is 57.9 Å². The molecule has 1 unspecified atom stereocenters. The average molecular weight is 466 g/mol. The van der Waals surface area contributed by atoms with Gasteiger partial charge in [0.25, 0.3) is 0 Å². The van der Waals surface area contributed by atoms with Crippen LogP contribution in [0.1, 0.15) is 47.4 Å². The van der Waals surface area contributed by atoms with Gasteiger partial charge in [-0.1, -0.05) is 0 Å². The van der Waals surface area contributed by atoms with Crippen molar-refractivity contribution in [2.75, 3.05) is 0 Å². The topological polar surface area (TPSA) is 30.7 Å². The van der Waals surface area contributed by atoms with E-state index in [1.165, 1.54) is 42.5 Å². The number of rotatable bonds is 6. The van der Waals surface area contributed by atoms with E-state index in [1.807, 2.05) is 11.0 Å². The van der Waals surface area contributed by atoms with E-state index >= 15 is 0 Å². The molecule has 2 aromatic rings. The van der Waals surface area contributed by atoms with Crippen LogP contribution in [-0.4, -0.2) is 14.8 Å². The summed E-state index contributed by atoms with van der Waals surface area (Å²) in [5, 5.41) is 4.41. The number of halogens is 2. The van der Waals surface area contributed by atoms with Gasteiger partial charge >= 0.3 is 155 Å². The molecule has 6 heteroatoms. The van der Waals surface area contributed by atoms with Crippen LogP contribution < -0.4 is 24.8 Å². The van der Waals surface area contributed by atoms with Gasteiger partial charge in [-0.05, 0) is 0 Å². The van der Waals surface area contributed by atoms with E-state index < -0.39 is 23.2 Å². The Hall–Kier alpha value is -0.957. The van der Waals surface area contributed by atoms with Gasteiger partial charge in [0.15, 0.2) is 0 Å². The molecule has 2 aliphatic rings. The molecule has 1 atom stereocenters. The molecule has 0 saturated carbocycles. The molecule has 134 valence electrons. The Labute approximate surface area is 179 Å². The van der Waals surface area contributed by atoms with Gasteiger partial charge < -0.3 is 24.8 Å². The minimum atomic E-state index is -0.767. The van der Waals surface area contributed by atoms with E-state index in [1.54, 1.807) is 15.2 Å². The zero-order valence-corrected chi connectivity index (χ0v) is 18.7. The molecule has 0 saturated heterocycles. The molecular formula is C20H21Cl2N3Zr. The van der Waals surface area contributed by atoms with Crippen LogP contribution in [0.2, 0.25) is 0 Å². The number of fused-ring (bicyclic) bond motifs is 1. The first-order valence-corrected chi connectivity index (χ1v) is 11.3. The second-order valence-electron chi connectivity index (χ2n) is 6.33. The first-order chi connectivity index (χ1) is 11.9. The van der Waals surface area contributed by atoms with Crippen molar-refractivity contribution in [2.45, 2.75) is 36.2 Å². The number of hydrogen-bond acceptors (Lipinski definition) is 2. The van der Waals surface area contributed by atoms with Gasteiger partial charge in [-0.25, -0.2) is 0 Å². The minimum absolute atomic E-state index is 0. The second-order valence-corrected chi connectivity index (χ2v) is 9.94. The van der Waals surface area contributed by atoms with Crippen LogP contribution in [0.3, 0.4) is 0 Å². The molecule has 2 aliphatic carbocycles. The van der Waals surface area contributed by atoms with E-state index in [0.717, 1.165) is 0 Å². The Morgan fingerprint density at radius 2 is 2.08 bits per heavy atom. The van der Waals surface area contributed by atoms with E-state index in [4.69, 9.17) is 0 Å². The van der Waals surface area contributed by atoms with Crippen LogP contribution in [0.4, 0.5) is 0 Å². The van der Waals surface area contributed by atoms with Gasteiger partial charge in [0, 0.05) is 0 Å². The fourth-order valence-corrected chi connectivity index (χ4v) is 7.80. The Balaban J connectivity index is 0.00000121. The summed E-state index contributed by atoms with van der Waals surface area (Å²) in [7, 11) is 0. The third kappa shape index (κ3) is 4.30. The number of aromatic nitrogens is 3. The zero-order valence-electron chi connectivity index (χ0n) is 14.7. The molecule has 0 amide bonds. The standard InChI is InChI=1S/C11H8N3.C9H13.2ClH.Zr/c1-2-4-10-6-11(5-9(10)3-1)14-8-12-7-13-14;1-2-3-6-9-7-4-5-8-9;;;/h1-8H;4,7H,2-3,5-6H2,1H3;2*1H;/q;;;;+2/p-2. The summed E-state index contributed by atoms with van der Waals surface area (Å²) in [4.78, 5) is 4.16. The predicted octanol–water partition coefficient (Wildman–Crippen LogP) is -1.17. The zero-order chi connectivity index (χ0) is 16.4. The SMILES string of the molecule is CCCCC1=[C]([Zr+2][CH]2C(n3cncn3)=Cc3ccccc32)CC=C1.[Cl-].[Cl-]. The quantitative estimate of drug-likeness (QED) is 0.538. The van der Waals surface area contributed by atoms with E-state index in [-0.39, 0.29) is 24.8 Å². The largest absolute Gasteiger partial charge is 1.00 e. The molecule has 4 rings (SSSR count). The summed E-state index contributed by atoms with van der Waals surface area (Å²) in [6, 6.07) is 8.83. The number of benzene rings is 1. The van der Waals surface area contributed by atoms with Crippen molar-refractivity contribution in [3.8, 4) is 0 Å². The molecule has 3 nitrogen and oxygen atoms in total.